The predicted molar refractivity (Wildman–Crippen MR) is 86.1 cm³/mol. The Morgan fingerprint density at radius 1 is 1.10 bits per heavy atom. The molecule has 20 heavy (non-hydrogen) atoms. The van der Waals surface area contributed by atoms with E-state index in [0.29, 0.717) is 10.0 Å². The van der Waals surface area contributed by atoms with Gasteiger partial charge in [-0.3, -0.25) is 11.3 Å². The van der Waals surface area contributed by atoms with Gasteiger partial charge in [0.25, 0.3) is 0 Å². The third kappa shape index (κ3) is 3.33. The highest BCUT2D eigenvalue weighted by Gasteiger charge is 2.14. The summed E-state index contributed by atoms with van der Waals surface area (Å²) in [6.07, 6.45) is 0.762. The van der Waals surface area contributed by atoms with Crippen molar-refractivity contribution in [2.45, 2.75) is 26.3 Å². The van der Waals surface area contributed by atoms with Crippen LogP contribution in [-0.4, -0.2) is 0 Å². The van der Waals surface area contributed by atoms with Crippen molar-refractivity contribution >= 4 is 23.2 Å². The first-order chi connectivity index (χ1) is 9.52. The number of aryl methyl sites for hydroxylation is 1. The molecule has 4 heteroatoms. The molecule has 0 aliphatic rings. The Morgan fingerprint density at radius 3 is 2.50 bits per heavy atom. The Morgan fingerprint density at radius 2 is 1.85 bits per heavy atom. The van der Waals surface area contributed by atoms with Crippen LogP contribution in [0.2, 0.25) is 10.0 Å². The molecule has 0 heterocycles. The fraction of sp³-hybridized carbons (Fsp3) is 0.250. The second kappa shape index (κ2) is 6.59. The van der Waals surface area contributed by atoms with E-state index in [4.69, 9.17) is 29.0 Å². The normalized spacial score (nSPS) is 12.4. The van der Waals surface area contributed by atoms with Crippen molar-refractivity contribution < 1.29 is 0 Å². The number of rotatable bonds is 4. The van der Waals surface area contributed by atoms with Crippen LogP contribution in [0.25, 0.3) is 0 Å². The smallest absolute Gasteiger partial charge is 0.0595 e. The molecule has 2 aromatic carbocycles. The van der Waals surface area contributed by atoms with E-state index in [1.165, 1.54) is 16.7 Å². The molecule has 1 unspecified atom stereocenters. The zero-order chi connectivity index (χ0) is 14.7. The van der Waals surface area contributed by atoms with Crippen LogP contribution in [0.1, 0.15) is 28.3 Å². The molecule has 0 aromatic heterocycles. The van der Waals surface area contributed by atoms with Crippen molar-refractivity contribution in [3.8, 4) is 0 Å². The molecule has 2 aromatic rings. The summed E-state index contributed by atoms with van der Waals surface area (Å²) >= 11 is 12.0. The first kappa shape index (κ1) is 15.3. The van der Waals surface area contributed by atoms with Gasteiger partial charge in [-0.15, -0.1) is 0 Å². The first-order valence-electron chi connectivity index (χ1n) is 6.49. The highest BCUT2D eigenvalue weighted by Crippen LogP contribution is 2.27. The van der Waals surface area contributed by atoms with Crippen LogP contribution in [0.5, 0.6) is 0 Å². The Bertz CT molecular complexity index is 611. The Labute approximate surface area is 129 Å². The van der Waals surface area contributed by atoms with E-state index in [0.717, 1.165) is 12.0 Å². The molecule has 0 bridgehead atoms. The van der Waals surface area contributed by atoms with E-state index >= 15 is 0 Å². The lowest BCUT2D eigenvalue weighted by Gasteiger charge is -2.20. The van der Waals surface area contributed by atoms with E-state index in [1.807, 2.05) is 18.2 Å². The van der Waals surface area contributed by atoms with Gasteiger partial charge in [0.15, 0.2) is 0 Å². The lowest BCUT2D eigenvalue weighted by Crippen LogP contribution is -2.30. The lowest BCUT2D eigenvalue weighted by molar-refractivity contribution is 0.549. The van der Waals surface area contributed by atoms with Crippen LogP contribution >= 0.6 is 23.2 Å². The fourth-order valence-electron chi connectivity index (χ4n) is 2.31. The van der Waals surface area contributed by atoms with Crippen LogP contribution < -0.4 is 11.3 Å². The van der Waals surface area contributed by atoms with Gasteiger partial charge in [0, 0.05) is 0 Å². The van der Waals surface area contributed by atoms with Gasteiger partial charge < -0.3 is 0 Å². The quantitative estimate of drug-likeness (QED) is 0.650. The monoisotopic (exact) mass is 308 g/mol. The number of hydrogen-bond acceptors (Lipinski definition) is 2. The van der Waals surface area contributed by atoms with E-state index in [2.05, 4.69) is 37.5 Å². The highest BCUT2D eigenvalue weighted by atomic mass is 35.5. The SMILES string of the molecule is Cc1cccc(C(Cc2ccc(Cl)c(Cl)c2)NN)c1C. The summed E-state index contributed by atoms with van der Waals surface area (Å²) in [5.74, 6) is 5.73. The fourth-order valence-corrected chi connectivity index (χ4v) is 2.63. The van der Waals surface area contributed by atoms with Crippen LogP contribution in [-0.2, 0) is 6.42 Å². The van der Waals surface area contributed by atoms with E-state index in [-0.39, 0.29) is 6.04 Å². The molecule has 0 amide bonds. The zero-order valence-electron chi connectivity index (χ0n) is 11.6. The Kier molecular flexibility index (Phi) is 5.06. The average Bonchev–Trinajstić information content (AvgIpc) is 2.43. The van der Waals surface area contributed by atoms with Gasteiger partial charge in [-0.2, -0.15) is 0 Å². The van der Waals surface area contributed by atoms with E-state index in [1.54, 1.807) is 0 Å². The molecule has 2 nitrogen and oxygen atoms in total. The summed E-state index contributed by atoms with van der Waals surface area (Å²) in [4.78, 5) is 0. The summed E-state index contributed by atoms with van der Waals surface area (Å²) in [7, 11) is 0. The van der Waals surface area contributed by atoms with Crippen LogP contribution in [0, 0.1) is 13.8 Å². The number of hydrogen-bond donors (Lipinski definition) is 2. The molecule has 0 saturated heterocycles. The van der Waals surface area contributed by atoms with Gasteiger partial charge in [0.05, 0.1) is 16.1 Å². The predicted octanol–water partition coefficient (Wildman–Crippen LogP) is 4.36. The Hall–Kier alpha value is -1.06. The molecule has 0 saturated carbocycles. The number of nitrogens with one attached hydrogen (secondary N) is 1. The number of nitrogens with two attached hydrogens (primary N) is 1. The molecular weight excluding hydrogens is 291 g/mol. The summed E-state index contributed by atoms with van der Waals surface area (Å²) in [6, 6.07) is 12.0. The second-order valence-electron chi connectivity index (χ2n) is 4.96. The van der Waals surface area contributed by atoms with Gasteiger partial charge in [-0.1, -0.05) is 47.5 Å². The minimum Gasteiger partial charge on any atom is -0.271 e. The molecule has 0 aliphatic heterocycles. The summed E-state index contributed by atoms with van der Waals surface area (Å²) in [6.45, 7) is 4.22. The summed E-state index contributed by atoms with van der Waals surface area (Å²) in [5, 5.41) is 1.14. The summed E-state index contributed by atoms with van der Waals surface area (Å²) < 4.78 is 0. The van der Waals surface area contributed by atoms with Gasteiger partial charge in [0.2, 0.25) is 0 Å². The minimum absolute atomic E-state index is 0.0483. The van der Waals surface area contributed by atoms with Crippen LogP contribution in [0.4, 0.5) is 0 Å². The van der Waals surface area contributed by atoms with Crippen molar-refractivity contribution in [2.75, 3.05) is 0 Å². The number of halogens is 2. The van der Waals surface area contributed by atoms with Crippen molar-refractivity contribution in [3.05, 3.63) is 68.7 Å². The highest BCUT2D eigenvalue weighted by molar-refractivity contribution is 6.42. The maximum Gasteiger partial charge on any atom is 0.0595 e. The van der Waals surface area contributed by atoms with Gasteiger partial charge >= 0.3 is 0 Å². The molecule has 0 aliphatic carbocycles. The molecule has 3 N–H and O–H groups in total. The van der Waals surface area contributed by atoms with Crippen LogP contribution in [0.15, 0.2) is 36.4 Å². The standard InChI is InChI=1S/C16H18Cl2N2/c1-10-4-3-5-13(11(10)2)16(20-19)9-12-6-7-14(17)15(18)8-12/h3-8,16,20H,9,19H2,1-2H3. The largest absolute Gasteiger partial charge is 0.271 e. The lowest BCUT2D eigenvalue weighted by atomic mass is 9.93. The summed E-state index contributed by atoms with van der Waals surface area (Å²) in [5.41, 5.74) is 7.72. The molecular formula is C16H18Cl2N2. The van der Waals surface area contributed by atoms with Gasteiger partial charge in [-0.25, -0.2) is 0 Å². The van der Waals surface area contributed by atoms with Crippen molar-refractivity contribution in [1.82, 2.24) is 5.43 Å². The zero-order valence-corrected chi connectivity index (χ0v) is 13.1. The number of benzene rings is 2. The average molecular weight is 309 g/mol. The third-order valence-electron chi connectivity index (χ3n) is 3.65. The van der Waals surface area contributed by atoms with E-state index < -0.39 is 0 Å². The molecule has 0 spiro atoms. The second-order valence-corrected chi connectivity index (χ2v) is 5.78. The molecule has 106 valence electrons. The first-order valence-corrected chi connectivity index (χ1v) is 7.24. The van der Waals surface area contributed by atoms with Crippen molar-refractivity contribution in [3.63, 3.8) is 0 Å². The van der Waals surface area contributed by atoms with Crippen molar-refractivity contribution in [2.24, 2.45) is 5.84 Å². The molecule has 0 fully saturated rings. The van der Waals surface area contributed by atoms with E-state index in [9.17, 15) is 0 Å². The third-order valence-corrected chi connectivity index (χ3v) is 4.39. The molecule has 2 rings (SSSR count). The molecule has 1 atom stereocenters. The van der Waals surface area contributed by atoms with Crippen molar-refractivity contribution in [1.29, 1.82) is 0 Å². The molecule has 0 radical (unpaired) electrons. The van der Waals surface area contributed by atoms with Gasteiger partial charge in [-0.05, 0) is 54.7 Å². The maximum absolute atomic E-state index is 6.06. The number of hydrazine groups is 1. The maximum atomic E-state index is 6.06. The Balaban J connectivity index is 2.28. The van der Waals surface area contributed by atoms with Crippen LogP contribution in [0.3, 0.4) is 0 Å². The van der Waals surface area contributed by atoms with Gasteiger partial charge in [0.1, 0.15) is 0 Å². The topological polar surface area (TPSA) is 38.0 Å². The minimum atomic E-state index is 0.0483.